The van der Waals surface area contributed by atoms with Gasteiger partial charge >= 0.3 is 39.7 Å². The van der Waals surface area contributed by atoms with Crippen molar-refractivity contribution in [2.24, 2.45) is 0 Å². The van der Waals surface area contributed by atoms with E-state index in [9.17, 15) is 4.79 Å². The van der Waals surface area contributed by atoms with Gasteiger partial charge < -0.3 is 17.4 Å². The van der Waals surface area contributed by atoms with Gasteiger partial charge in [0.1, 0.15) is 0 Å². The zero-order valence-corrected chi connectivity index (χ0v) is 11.7. The van der Waals surface area contributed by atoms with Gasteiger partial charge in [0.15, 0.2) is 0 Å². The van der Waals surface area contributed by atoms with Crippen LogP contribution >= 0.6 is 0 Å². The van der Waals surface area contributed by atoms with Gasteiger partial charge in [-0.3, -0.25) is 0 Å². The first-order valence-electron chi connectivity index (χ1n) is 4.64. The predicted octanol–water partition coefficient (Wildman–Crippen LogP) is 2.70. The number of carbonyl (C=O) groups is 1. The minimum atomic E-state index is -0.296. The summed E-state index contributed by atoms with van der Waals surface area (Å²) in [6.07, 6.45) is 0. The second-order valence-electron chi connectivity index (χ2n) is 2.62. The summed E-state index contributed by atoms with van der Waals surface area (Å²) in [6.45, 7) is 9.00. The van der Waals surface area contributed by atoms with Gasteiger partial charge in [0.2, 0.25) is 0 Å². The Morgan fingerprint density at radius 2 is 1.37 bits per heavy atom. The minimum Gasteiger partial charge on any atom is -0.214 e. The van der Waals surface area contributed by atoms with Gasteiger partial charge in [-0.2, -0.15) is 18.2 Å². The molecule has 0 amide bonds. The third-order valence-electron chi connectivity index (χ3n) is 1.57. The summed E-state index contributed by atoms with van der Waals surface area (Å²) in [5.74, 6) is 0. The van der Waals surface area contributed by atoms with Crippen LogP contribution in [0.1, 0.15) is 10.4 Å². The third-order valence-corrected chi connectivity index (χ3v) is 1.80. The van der Waals surface area contributed by atoms with E-state index in [1.54, 1.807) is 24.3 Å². The quantitative estimate of drug-likeness (QED) is 0.352. The Labute approximate surface area is 128 Å². The van der Waals surface area contributed by atoms with Gasteiger partial charge in [-0.1, -0.05) is 30.3 Å². The second kappa shape index (κ2) is 18.8. The Hall–Kier alpha value is -1.54. The van der Waals surface area contributed by atoms with Gasteiger partial charge in [-0.15, -0.1) is 0 Å². The average Bonchev–Trinajstić information content (AvgIpc) is 3.03. The number of rotatable bonds is 1. The van der Waals surface area contributed by atoms with Crippen molar-refractivity contribution in [2.75, 3.05) is 0 Å². The molecule has 94 valence electrons. The number of carbonyl (C=O) groups excluding carboxylic acids is 1. The van der Waals surface area contributed by atoms with E-state index >= 15 is 0 Å². The molecule has 0 aromatic heterocycles. The molecule has 0 aliphatic heterocycles. The van der Waals surface area contributed by atoms with Crippen LogP contribution in [0.3, 0.4) is 0 Å². The minimum absolute atomic E-state index is 0. The Bertz CT molecular complexity index is 412. The summed E-state index contributed by atoms with van der Waals surface area (Å²) in [5.41, 5.74) is 0.590. The fourth-order valence-electron chi connectivity index (χ4n) is 0.895. The Kier molecular flexibility index (Phi) is 22.4. The van der Waals surface area contributed by atoms with Gasteiger partial charge in [0.25, 0.3) is 0 Å². The first-order valence-corrected chi connectivity index (χ1v) is 5.05. The van der Waals surface area contributed by atoms with Crippen LogP contribution in [0.4, 0.5) is 0 Å². The van der Waals surface area contributed by atoms with Crippen LogP contribution in [0, 0.1) is 13.3 Å². The number of hydrogen-bond acceptors (Lipinski definition) is 2. The molecule has 2 rings (SSSR count). The van der Waals surface area contributed by atoms with Crippen LogP contribution in [-0.2, 0) is 39.0 Å². The molecule has 0 atom stereocenters. The zero-order chi connectivity index (χ0) is 14.2. The third kappa shape index (κ3) is 14.4. The second-order valence-corrected chi connectivity index (χ2v) is 2.99. The predicted molar refractivity (Wildman–Crippen MR) is 68.0 cm³/mol. The van der Waals surface area contributed by atoms with Crippen molar-refractivity contribution in [3.8, 4) is 0 Å². The maximum atomic E-state index is 10.5. The van der Waals surface area contributed by atoms with Crippen molar-refractivity contribution in [3.05, 3.63) is 79.5 Å². The van der Waals surface area contributed by atoms with Crippen molar-refractivity contribution >= 4 is 17.7 Å². The zero-order valence-electron chi connectivity index (χ0n) is 9.76. The standard InChI is InChI=1S/C7H6OS.C5H5.2CO.Fe/c8-7(9)6-4-2-1-3-5-6;1-2-4-5-3-1;2*1-2;/h1-5H,(H,8,9);1-5H;;;/q;-1;;;+6/p-1. The van der Waals surface area contributed by atoms with E-state index in [1.165, 1.54) is 0 Å². The average molecular weight is 314 g/mol. The van der Waals surface area contributed by atoms with E-state index in [1.807, 2.05) is 36.4 Å². The van der Waals surface area contributed by atoms with E-state index in [0.717, 1.165) is 0 Å². The van der Waals surface area contributed by atoms with Gasteiger partial charge in [-0.05, 0) is 5.56 Å². The van der Waals surface area contributed by atoms with Gasteiger partial charge in [-0.25, -0.2) is 12.1 Å². The van der Waals surface area contributed by atoms with Crippen LogP contribution < -0.4 is 0 Å². The molecule has 0 heterocycles. The van der Waals surface area contributed by atoms with Crippen LogP contribution in [0.2, 0.25) is 0 Å². The smallest absolute Gasteiger partial charge is 0.214 e. The first-order chi connectivity index (χ1) is 8.80. The van der Waals surface area contributed by atoms with E-state index < -0.39 is 0 Å². The molecule has 0 saturated carbocycles. The summed E-state index contributed by atoms with van der Waals surface area (Å²) < 4.78 is 15.0. The molecule has 0 aliphatic carbocycles. The van der Waals surface area contributed by atoms with Crippen molar-refractivity contribution < 1.29 is 31.2 Å². The molecule has 0 radical (unpaired) electrons. The summed E-state index contributed by atoms with van der Waals surface area (Å²) in [7, 11) is 0. The van der Waals surface area contributed by atoms with Crippen molar-refractivity contribution in [3.63, 3.8) is 0 Å². The molecule has 2 aromatic rings. The van der Waals surface area contributed by atoms with Gasteiger partial charge in [0.05, 0.1) is 0 Å². The molecular weight excluding hydrogens is 304 g/mol. The van der Waals surface area contributed by atoms with E-state index in [4.69, 9.17) is 9.30 Å². The van der Waals surface area contributed by atoms with Gasteiger partial charge in [0, 0.05) is 5.12 Å². The topological polar surface area (TPSA) is 56.9 Å². The normalized spacial score (nSPS) is 6.53. The van der Waals surface area contributed by atoms with Crippen molar-refractivity contribution in [2.45, 2.75) is 0 Å². The molecule has 3 nitrogen and oxygen atoms in total. The fraction of sp³-hybridized carbons (Fsp3) is 0. The SMILES string of the molecule is O=C([S-])c1ccccc1.[C-]#[O+].[C-]#[O+].[Fe+6].c1cc[cH-]c1. The molecular formula is C14H10FeO3S+4. The summed E-state index contributed by atoms with van der Waals surface area (Å²) in [5, 5.41) is -0.296. The molecule has 0 unspecified atom stereocenters. The van der Waals surface area contributed by atoms with Crippen LogP contribution in [0.25, 0.3) is 0 Å². The molecule has 19 heavy (non-hydrogen) atoms. The van der Waals surface area contributed by atoms with E-state index in [0.29, 0.717) is 5.56 Å². The molecule has 0 bridgehead atoms. The molecule has 2 aromatic carbocycles. The maximum absolute atomic E-state index is 10.5. The van der Waals surface area contributed by atoms with Crippen LogP contribution in [-0.4, -0.2) is 5.12 Å². The Morgan fingerprint density at radius 3 is 1.58 bits per heavy atom. The fourth-order valence-corrected chi connectivity index (χ4v) is 1.03. The molecule has 0 fully saturated rings. The first kappa shape index (κ1) is 22.6. The van der Waals surface area contributed by atoms with Crippen LogP contribution in [0.15, 0.2) is 60.7 Å². The summed E-state index contributed by atoms with van der Waals surface area (Å²) in [6, 6.07) is 18.8. The monoisotopic (exact) mass is 314 g/mol. The Morgan fingerprint density at radius 1 is 0.947 bits per heavy atom. The van der Waals surface area contributed by atoms with E-state index in [-0.39, 0.29) is 22.2 Å². The summed E-state index contributed by atoms with van der Waals surface area (Å²) >= 11 is 4.41. The van der Waals surface area contributed by atoms with Crippen LogP contribution in [0.5, 0.6) is 0 Å². The Balaban J connectivity index is -0.000000220. The molecule has 0 N–H and O–H groups in total. The molecule has 0 saturated heterocycles. The summed E-state index contributed by atoms with van der Waals surface area (Å²) in [4.78, 5) is 10.5. The number of benzene rings is 1. The molecule has 5 heteroatoms. The van der Waals surface area contributed by atoms with E-state index in [2.05, 4.69) is 25.9 Å². The maximum Gasteiger partial charge on any atom is 6.00 e. The van der Waals surface area contributed by atoms with Crippen molar-refractivity contribution in [1.29, 1.82) is 0 Å². The molecule has 0 spiro atoms. The largest absolute Gasteiger partial charge is 6.00 e. The number of hydrogen-bond donors (Lipinski definition) is 0. The van der Waals surface area contributed by atoms with Crippen molar-refractivity contribution in [1.82, 2.24) is 0 Å². The molecule has 0 aliphatic rings.